The van der Waals surface area contributed by atoms with Crippen LogP contribution in [0.1, 0.15) is 65.2 Å². The van der Waals surface area contributed by atoms with Crippen LogP contribution in [0.2, 0.25) is 0 Å². The zero-order chi connectivity index (χ0) is 14.3. The van der Waals surface area contributed by atoms with Gasteiger partial charge in [-0.1, -0.05) is 32.6 Å². The van der Waals surface area contributed by atoms with E-state index in [-0.39, 0.29) is 17.9 Å². The molecule has 0 aromatic heterocycles. The Morgan fingerprint density at radius 2 is 1.95 bits per heavy atom. The molecule has 112 valence electrons. The summed E-state index contributed by atoms with van der Waals surface area (Å²) >= 11 is 0. The molecule has 2 amide bonds. The average molecular weight is 278 g/mol. The molecule has 1 heterocycles. The molecule has 1 aliphatic heterocycles. The molecule has 3 fully saturated rings. The largest absolute Gasteiger partial charge is 0.340 e. The van der Waals surface area contributed by atoms with Crippen molar-refractivity contribution in [1.82, 2.24) is 10.2 Å². The highest BCUT2D eigenvalue weighted by Gasteiger charge is 2.55. The average Bonchev–Trinajstić information content (AvgIpc) is 3.18. The molecule has 20 heavy (non-hydrogen) atoms. The van der Waals surface area contributed by atoms with Gasteiger partial charge in [0.15, 0.2) is 0 Å². The van der Waals surface area contributed by atoms with Crippen LogP contribution in [0.15, 0.2) is 0 Å². The number of rotatable bonds is 3. The Morgan fingerprint density at radius 1 is 1.25 bits per heavy atom. The summed E-state index contributed by atoms with van der Waals surface area (Å²) in [7, 11) is 0. The van der Waals surface area contributed by atoms with Crippen LogP contribution in [-0.4, -0.2) is 34.3 Å². The third-order valence-corrected chi connectivity index (χ3v) is 5.41. The molecule has 3 unspecified atom stereocenters. The van der Waals surface area contributed by atoms with Gasteiger partial charge in [0.05, 0.1) is 0 Å². The van der Waals surface area contributed by atoms with Crippen molar-refractivity contribution in [3.63, 3.8) is 0 Å². The van der Waals surface area contributed by atoms with Crippen LogP contribution < -0.4 is 5.32 Å². The summed E-state index contributed by atoms with van der Waals surface area (Å²) in [5.74, 6) is 0.875. The predicted molar refractivity (Wildman–Crippen MR) is 77.1 cm³/mol. The third kappa shape index (κ3) is 2.13. The Labute approximate surface area is 121 Å². The third-order valence-electron chi connectivity index (χ3n) is 5.41. The van der Waals surface area contributed by atoms with Crippen LogP contribution in [0.3, 0.4) is 0 Å². The van der Waals surface area contributed by atoms with Crippen molar-refractivity contribution < 1.29 is 9.59 Å². The Hall–Kier alpha value is -1.06. The Bertz CT molecular complexity index is 415. The summed E-state index contributed by atoms with van der Waals surface area (Å²) in [6.07, 6.45) is 8.37. The molecule has 1 N–H and O–H groups in total. The van der Waals surface area contributed by atoms with Crippen molar-refractivity contribution in [2.24, 2.45) is 5.92 Å². The second-order valence-electron chi connectivity index (χ2n) is 6.87. The summed E-state index contributed by atoms with van der Waals surface area (Å²) in [6, 6.07) is 0.0317. The second kappa shape index (κ2) is 5.05. The van der Waals surface area contributed by atoms with Crippen LogP contribution in [0, 0.1) is 5.92 Å². The van der Waals surface area contributed by atoms with E-state index in [1.807, 2.05) is 11.8 Å². The smallest absolute Gasteiger partial charge is 0.249 e. The maximum Gasteiger partial charge on any atom is 0.249 e. The van der Waals surface area contributed by atoms with E-state index in [4.69, 9.17) is 0 Å². The summed E-state index contributed by atoms with van der Waals surface area (Å²) < 4.78 is 0. The van der Waals surface area contributed by atoms with Gasteiger partial charge in [-0.2, -0.15) is 0 Å². The lowest BCUT2D eigenvalue weighted by Gasteiger charge is -2.47. The summed E-state index contributed by atoms with van der Waals surface area (Å²) in [6.45, 7) is 4.07. The molecule has 1 saturated heterocycles. The monoisotopic (exact) mass is 278 g/mol. The van der Waals surface area contributed by atoms with Crippen molar-refractivity contribution in [3.8, 4) is 0 Å². The molecule has 4 heteroatoms. The molecule has 0 bridgehead atoms. The first-order chi connectivity index (χ1) is 9.59. The minimum Gasteiger partial charge on any atom is -0.340 e. The van der Waals surface area contributed by atoms with Gasteiger partial charge in [0.25, 0.3) is 0 Å². The lowest BCUT2D eigenvalue weighted by Crippen LogP contribution is -2.70. The highest BCUT2D eigenvalue weighted by molar-refractivity contribution is 6.00. The SMILES string of the molecule is CCCC1CC1N1C(=O)C2(CCCCC2)NC(=O)C1C. The highest BCUT2D eigenvalue weighted by atomic mass is 16.2. The zero-order valence-corrected chi connectivity index (χ0v) is 12.7. The van der Waals surface area contributed by atoms with E-state index in [1.165, 1.54) is 12.8 Å². The molecule has 1 spiro atoms. The predicted octanol–water partition coefficient (Wildman–Crippen LogP) is 2.22. The summed E-state index contributed by atoms with van der Waals surface area (Å²) in [5.41, 5.74) is -0.568. The Morgan fingerprint density at radius 3 is 2.60 bits per heavy atom. The molecule has 3 rings (SSSR count). The molecule has 2 aliphatic carbocycles. The van der Waals surface area contributed by atoms with Gasteiger partial charge in [-0.15, -0.1) is 0 Å². The van der Waals surface area contributed by atoms with Crippen molar-refractivity contribution >= 4 is 11.8 Å². The van der Waals surface area contributed by atoms with Gasteiger partial charge in [-0.3, -0.25) is 9.59 Å². The topological polar surface area (TPSA) is 49.4 Å². The number of hydrogen-bond acceptors (Lipinski definition) is 2. The molecule has 3 atom stereocenters. The van der Waals surface area contributed by atoms with Gasteiger partial charge in [0.2, 0.25) is 11.8 Å². The number of hydrogen-bond donors (Lipinski definition) is 1. The number of nitrogens with zero attached hydrogens (tertiary/aromatic N) is 1. The number of amides is 2. The van der Waals surface area contributed by atoms with Crippen LogP contribution in [-0.2, 0) is 9.59 Å². The normalized spacial score (nSPS) is 36.1. The molecular weight excluding hydrogens is 252 g/mol. The van der Waals surface area contributed by atoms with E-state index in [2.05, 4.69) is 12.2 Å². The molecule has 3 aliphatic rings. The molecule has 0 aromatic rings. The first-order valence-corrected chi connectivity index (χ1v) is 8.24. The number of nitrogens with one attached hydrogen (secondary N) is 1. The van der Waals surface area contributed by atoms with Crippen LogP contribution in [0.25, 0.3) is 0 Å². The first-order valence-electron chi connectivity index (χ1n) is 8.24. The minimum atomic E-state index is -0.568. The fourth-order valence-corrected chi connectivity index (χ4v) is 4.13. The molecular formula is C16H26N2O2. The van der Waals surface area contributed by atoms with E-state index in [0.717, 1.165) is 38.5 Å². The van der Waals surface area contributed by atoms with E-state index < -0.39 is 5.54 Å². The fraction of sp³-hybridized carbons (Fsp3) is 0.875. The fourth-order valence-electron chi connectivity index (χ4n) is 4.13. The highest BCUT2D eigenvalue weighted by Crippen LogP contribution is 2.44. The van der Waals surface area contributed by atoms with Gasteiger partial charge in [0, 0.05) is 6.04 Å². The quantitative estimate of drug-likeness (QED) is 0.860. The van der Waals surface area contributed by atoms with E-state index >= 15 is 0 Å². The van der Waals surface area contributed by atoms with Gasteiger partial charge in [0.1, 0.15) is 11.6 Å². The Kier molecular flexibility index (Phi) is 3.51. The maximum absolute atomic E-state index is 13.0. The van der Waals surface area contributed by atoms with Crippen molar-refractivity contribution in [3.05, 3.63) is 0 Å². The van der Waals surface area contributed by atoms with E-state index in [9.17, 15) is 9.59 Å². The summed E-state index contributed by atoms with van der Waals surface area (Å²) in [4.78, 5) is 27.3. The van der Waals surface area contributed by atoms with Crippen molar-refractivity contribution in [1.29, 1.82) is 0 Å². The van der Waals surface area contributed by atoms with Gasteiger partial charge >= 0.3 is 0 Å². The maximum atomic E-state index is 13.0. The minimum absolute atomic E-state index is 0.0497. The molecule has 0 aromatic carbocycles. The molecule has 4 nitrogen and oxygen atoms in total. The summed E-state index contributed by atoms with van der Waals surface area (Å²) in [5, 5.41) is 3.06. The number of piperazine rings is 1. The Balaban J connectivity index is 1.81. The number of carbonyl (C=O) groups is 2. The van der Waals surface area contributed by atoms with Crippen molar-refractivity contribution in [2.75, 3.05) is 0 Å². The van der Waals surface area contributed by atoms with Gasteiger partial charge in [-0.25, -0.2) is 0 Å². The number of carbonyl (C=O) groups excluding carboxylic acids is 2. The second-order valence-corrected chi connectivity index (χ2v) is 6.87. The van der Waals surface area contributed by atoms with Crippen LogP contribution in [0.4, 0.5) is 0 Å². The lowest BCUT2D eigenvalue weighted by molar-refractivity contribution is -0.157. The van der Waals surface area contributed by atoms with Gasteiger partial charge < -0.3 is 10.2 Å². The first kappa shape index (κ1) is 13.9. The van der Waals surface area contributed by atoms with E-state index in [1.54, 1.807) is 0 Å². The zero-order valence-electron chi connectivity index (χ0n) is 12.7. The lowest BCUT2D eigenvalue weighted by atomic mass is 9.78. The van der Waals surface area contributed by atoms with Crippen LogP contribution >= 0.6 is 0 Å². The van der Waals surface area contributed by atoms with E-state index in [0.29, 0.717) is 12.0 Å². The van der Waals surface area contributed by atoms with Crippen LogP contribution in [0.5, 0.6) is 0 Å². The standard InChI is InChI=1S/C16H26N2O2/c1-3-7-12-10-13(12)18-11(2)14(19)17-16(15(18)20)8-5-4-6-9-16/h11-13H,3-10H2,1-2H3,(H,17,19). The molecule has 2 saturated carbocycles. The van der Waals surface area contributed by atoms with Gasteiger partial charge in [-0.05, 0) is 38.5 Å². The molecule has 0 radical (unpaired) electrons. The van der Waals surface area contributed by atoms with Crippen molar-refractivity contribution in [2.45, 2.75) is 82.8 Å².